The van der Waals surface area contributed by atoms with Crippen LogP contribution in [0.2, 0.25) is 0 Å². The van der Waals surface area contributed by atoms with E-state index in [1.165, 1.54) is 12.1 Å². The molecule has 2 aliphatic rings. The van der Waals surface area contributed by atoms with Crippen molar-refractivity contribution in [3.8, 4) is 0 Å². The number of amides is 1. The van der Waals surface area contributed by atoms with Crippen molar-refractivity contribution in [2.75, 3.05) is 49.5 Å². The van der Waals surface area contributed by atoms with Gasteiger partial charge in [-0.05, 0) is 55.7 Å². The van der Waals surface area contributed by atoms with Crippen LogP contribution in [-0.4, -0.2) is 73.8 Å². The molecule has 0 aliphatic carbocycles. The average molecular weight is 516 g/mol. The van der Waals surface area contributed by atoms with Crippen molar-refractivity contribution in [3.05, 3.63) is 58.6 Å². The number of sulfonamides is 1. The van der Waals surface area contributed by atoms with Gasteiger partial charge in [-0.2, -0.15) is 4.31 Å². The molecule has 1 amide bonds. The maximum absolute atomic E-state index is 13.1. The molecule has 10 nitrogen and oxygen atoms in total. The van der Waals surface area contributed by atoms with Gasteiger partial charge in [-0.3, -0.25) is 19.8 Å². The highest BCUT2D eigenvalue weighted by Gasteiger charge is 2.32. The number of non-ortho nitro benzene ring substituents is 1. The van der Waals surface area contributed by atoms with Crippen molar-refractivity contribution in [1.82, 2.24) is 9.21 Å². The summed E-state index contributed by atoms with van der Waals surface area (Å²) in [6.45, 7) is 5.62. The van der Waals surface area contributed by atoms with Crippen LogP contribution < -0.4 is 10.2 Å². The van der Waals surface area contributed by atoms with E-state index in [-0.39, 0.29) is 29.1 Å². The second-order valence-corrected chi connectivity index (χ2v) is 11.2. The fourth-order valence-electron chi connectivity index (χ4n) is 4.90. The first-order chi connectivity index (χ1) is 17.3. The highest BCUT2D eigenvalue weighted by Crippen LogP contribution is 2.27. The van der Waals surface area contributed by atoms with Gasteiger partial charge in [0.15, 0.2) is 0 Å². The van der Waals surface area contributed by atoms with Crippen molar-refractivity contribution in [2.45, 2.75) is 43.5 Å². The summed E-state index contributed by atoms with van der Waals surface area (Å²) in [4.78, 5) is 27.5. The molecule has 1 unspecified atom stereocenters. The van der Waals surface area contributed by atoms with Gasteiger partial charge in [0.2, 0.25) is 15.9 Å². The van der Waals surface area contributed by atoms with E-state index < -0.39 is 14.9 Å². The summed E-state index contributed by atoms with van der Waals surface area (Å²) in [7, 11) is -3.55. The van der Waals surface area contributed by atoms with Crippen LogP contribution in [0.4, 0.5) is 17.1 Å². The molecule has 2 aromatic carbocycles. The number of benzene rings is 2. The highest BCUT2D eigenvalue weighted by atomic mass is 32.2. The van der Waals surface area contributed by atoms with Crippen LogP contribution in [0.15, 0.2) is 53.4 Å². The van der Waals surface area contributed by atoms with Crippen LogP contribution in [0.3, 0.4) is 0 Å². The summed E-state index contributed by atoms with van der Waals surface area (Å²) in [6, 6.07) is 13.0. The number of hydrogen-bond acceptors (Lipinski definition) is 7. The van der Waals surface area contributed by atoms with Crippen molar-refractivity contribution in [3.63, 3.8) is 0 Å². The molecule has 1 N–H and O–H groups in total. The Kier molecular flexibility index (Phi) is 8.22. The lowest BCUT2D eigenvalue weighted by Gasteiger charge is -2.35. The Balaban J connectivity index is 1.28. The Morgan fingerprint density at radius 1 is 1.00 bits per heavy atom. The predicted octanol–water partition coefficient (Wildman–Crippen LogP) is 3.31. The van der Waals surface area contributed by atoms with Gasteiger partial charge in [-0.15, -0.1) is 0 Å². The van der Waals surface area contributed by atoms with Crippen molar-refractivity contribution >= 4 is 33.0 Å². The van der Waals surface area contributed by atoms with Crippen LogP contribution in [0.25, 0.3) is 0 Å². The van der Waals surface area contributed by atoms with Gasteiger partial charge >= 0.3 is 0 Å². The molecule has 1 atom stereocenters. The van der Waals surface area contributed by atoms with Gasteiger partial charge in [-0.1, -0.05) is 13.3 Å². The van der Waals surface area contributed by atoms with Gasteiger partial charge in [-0.25, -0.2) is 8.42 Å². The molecule has 0 saturated carbocycles. The minimum atomic E-state index is -3.55. The van der Waals surface area contributed by atoms with Crippen LogP contribution in [-0.2, 0) is 14.8 Å². The largest absolute Gasteiger partial charge is 0.369 e. The minimum Gasteiger partial charge on any atom is -0.369 e. The topological polar surface area (TPSA) is 116 Å². The van der Waals surface area contributed by atoms with E-state index in [0.717, 1.165) is 31.4 Å². The second-order valence-electron chi connectivity index (χ2n) is 9.28. The van der Waals surface area contributed by atoms with E-state index in [9.17, 15) is 23.3 Å². The van der Waals surface area contributed by atoms with E-state index >= 15 is 0 Å². The first kappa shape index (κ1) is 26.1. The predicted molar refractivity (Wildman–Crippen MR) is 139 cm³/mol. The quantitative estimate of drug-likeness (QED) is 0.424. The molecule has 0 bridgehead atoms. The molecule has 194 valence electrons. The number of carbonyl (C=O) groups is 1. The van der Waals surface area contributed by atoms with Crippen molar-refractivity contribution < 1.29 is 18.1 Å². The first-order valence-corrected chi connectivity index (χ1v) is 13.9. The van der Waals surface area contributed by atoms with Crippen molar-refractivity contribution in [1.29, 1.82) is 0 Å². The molecule has 0 radical (unpaired) electrons. The first-order valence-electron chi connectivity index (χ1n) is 12.4. The number of nitro benzene ring substituents is 1. The highest BCUT2D eigenvalue weighted by molar-refractivity contribution is 7.89. The lowest BCUT2D eigenvalue weighted by Crippen LogP contribution is -2.48. The second kappa shape index (κ2) is 11.4. The number of nitro groups is 1. The monoisotopic (exact) mass is 515 g/mol. The fraction of sp³-hybridized carbons (Fsp3) is 0.480. The molecule has 2 heterocycles. The number of piperidine rings is 1. The zero-order chi connectivity index (χ0) is 25.7. The fourth-order valence-corrected chi connectivity index (χ4v) is 6.66. The lowest BCUT2D eigenvalue weighted by atomic mass is 10.0. The lowest BCUT2D eigenvalue weighted by molar-refractivity contribution is -0.384. The zero-order valence-corrected chi connectivity index (χ0v) is 21.3. The molecule has 36 heavy (non-hydrogen) atoms. The number of rotatable bonds is 8. The van der Waals surface area contributed by atoms with Crippen LogP contribution in [0, 0.1) is 10.1 Å². The van der Waals surface area contributed by atoms with Gasteiger partial charge in [0.25, 0.3) is 5.69 Å². The third kappa shape index (κ3) is 6.03. The van der Waals surface area contributed by atoms with E-state index in [0.29, 0.717) is 38.4 Å². The molecular weight excluding hydrogens is 482 g/mol. The summed E-state index contributed by atoms with van der Waals surface area (Å²) >= 11 is 0. The van der Waals surface area contributed by atoms with Gasteiger partial charge in [0, 0.05) is 62.3 Å². The molecule has 2 fully saturated rings. The van der Waals surface area contributed by atoms with E-state index in [4.69, 9.17) is 0 Å². The number of anilines is 2. The number of hydrogen-bond donors (Lipinski definition) is 1. The molecular formula is C25H33N5O5S. The Morgan fingerprint density at radius 3 is 2.28 bits per heavy atom. The third-order valence-electron chi connectivity index (χ3n) is 6.95. The number of nitrogens with one attached hydrogen (secondary N) is 1. The standard InChI is InChI=1S/C25H33N5O5S/c1-2-21-5-3-4-14-29(21)36(34,35)24-12-6-20(7-13-24)26-25(31)19-27-15-17-28(18-16-27)22-8-10-23(11-9-22)30(32)33/h6-13,21H,2-5,14-19H2,1H3,(H,26,31). The Bertz CT molecular complexity index is 1160. The van der Waals surface area contributed by atoms with Gasteiger partial charge < -0.3 is 10.2 Å². The number of nitrogens with zero attached hydrogens (tertiary/aromatic N) is 4. The number of piperazine rings is 1. The van der Waals surface area contributed by atoms with E-state index in [2.05, 4.69) is 15.1 Å². The maximum atomic E-state index is 13.1. The Morgan fingerprint density at radius 2 is 1.67 bits per heavy atom. The van der Waals surface area contributed by atoms with E-state index in [1.54, 1.807) is 40.7 Å². The summed E-state index contributed by atoms with van der Waals surface area (Å²) in [5.41, 5.74) is 1.56. The molecule has 11 heteroatoms. The molecule has 4 rings (SSSR count). The van der Waals surface area contributed by atoms with Crippen LogP contribution >= 0.6 is 0 Å². The SMILES string of the molecule is CCC1CCCCN1S(=O)(=O)c1ccc(NC(=O)CN2CCN(c3ccc([N+](=O)[O-])cc3)CC2)cc1. The smallest absolute Gasteiger partial charge is 0.269 e. The summed E-state index contributed by atoms with van der Waals surface area (Å²) in [5.74, 6) is -0.156. The molecule has 2 aromatic rings. The van der Waals surface area contributed by atoms with Gasteiger partial charge in [0.1, 0.15) is 0 Å². The van der Waals surface area contributed by atoms with Gasteiger partial charge in [0.05, 0.1) is 16.4 Å². The molecule has 2 aliphatic heterocycles. The Labute approximate surface area is 212 Å². The zero-order valence-electron chi connectivity index (χ0n) is 20.5. The Hall–Kier alpha value is -3.02. The minimum absolute atomic E-state index is 0.0454. The van der Waals surface area contributed by atoms with Crippen LogP contribution in [0.1, 0.15) is 32.6 Å². The third-order valence-corrected chi connectivity index (χ3v) is 8.92. The number of carbonyl (C=O) groups excluding carboxylic acids is 1. The summed E-state index contributed by atoms with van der Waals surface area (Å²) in [5, 5.41) is 13.7. The summed E-state index contributed by atoms with van der Waals surface area (Å²) < 4.78 is 27.9. The average Bonchev–Trinajstić information content (AvgIpc) is 2.89. The molecule has 0 spiro atoms. The van der Waals surface area contributed by atoms with Crippen molar-refractivity contribution in [2.24, 2.45) is 0 Å². The normalized spacial score (nSPS) is 19.7. The maximum Gasteiger partial charge on any atom is 0.269 e. The molecule has 0 aromatic heterocycles. The van der Waals surface area contributed by atoms with Crippen LogP contribution in [0.5, 0.6) is 0 Å². The van der Waals surface area contributed by atoms with E-state index in [1.807, 2.05) is 6.92 Å². The summed E-state index contributed by atoms with van der Waals surface area (Å²) in [6.07, 6.45) is 3.63. The molecule has 2 saturated heterocycles.